The molecule has 2 heteroatoms. The molecule has 2 heterocycles. The summed E-state index contributed by atoms with van der Waals surface area (Å²) in [4.78, 5) is 0. The lowest BCUT2D eigenvalue weighted by molar-refractivity contribution is -0.678. The third-order valence-electron chi connectivity index (χ3n) is 4.27. The fourth-order valence-corrected chi connectivity index (χ4v) is 3.19. The van der Waals surface area contributed by atoms with E-state index >= 15 is 0 Å². The Morgan fingerprint density at radius 2 is 2.21 bits per heavy atom. The van der Waals surface area contributed by atoms with Gasteiger partial charge in [0.05, 0.1) is 18.7 Å². The summed E-state index contributed by atoms with van der Waals surface area (Å²) in [7, 11) is 0. The first-order valence-electron chi connectivity index (χ1n) is 6.14. The first kappa shape index (κ1) is 10.4. The van der Waals surface area contributed by atoms with Gasteiger partial charge < -0.3 is 10.1 Å². The van der Waals surface area contributed by atoms with Gasteiger partial charge in [-0.2, -0.15) is 0 Å². The van der Waals surface area contributed by atoms with Crippen LogP contribution in [0.3, 0.4) is 0 Å². The van der Waals surface area contributed by atoms with Crippen molar-refractivity contribution in [3.8, 4) is 0 Å². The normalized spacial score (nSPS) is 44.1. The Hall–Kier alpha value is -0.0800. The van der Waals surface area contributed by atoms with Crippen molar-refractivity contribution >= 4 is 0 Å². The summed E-state index contributed by atoms with van der Waals surface area (Å²) in [6.07, 6.45) is 6.57. The molecule has 2 aliphatic rings. The molecule has 2 fully saturated rings. The third kappa shape index (κ3) is 1.96. The number of ether oxygens (including phenoxy) is 1. The second kappa shape index (κ2) is 3.82. The maximum atomic E-state index is 5.93. The van der Waals surface area contributed by atoms with Gasteiger partial charge in [0.2, 0.25) is 0 Å². The molecule has 0 aromatic rings. The molecule has 0 aromatic carbocycles. The van der Waals surface area contributed by atoms with Crippen molar-refractivity contribution < 1.29 is 10.1 Å². The van der Waals surface area contributed by atoms with Gasteiger partial charge in [0.25, 0.3) is 0 Å². The van der Waals surface area contributed by atoms with Crippen LogP contribution in [0, 0.1) is 5.41 Å². The molecular weight excluding hydrogens is 174 g/mol. The molecule has 0 bridgehead atoms. The van der Waals surface area contributed by atoms with Gasteiger partial charge >= 0.3 is 0 Å². The van der Waals surface area contributed by atoms with Gasteiger partial charge in [-0.15, -0.1) is 0 Å². The quantitative estimate of drug-likeness (QED) is 0.675. The molecule has 82 valence electrons. The van der Waals surface area contributed by atoms with Crippen molar-refractivity contribution in [2.24, 2.45) is 5.41 Å². The van der Waals surface area contributed by atoms with Crippen molar-refractivity contribution in [3.05, 3.63) is 0 Å². The van der Waals surface area contributed by atoms with Gasteiger partial charge in [0.1, 0.15) is 0 Å². The zero-order valence-corrected chi connectivity index (χ0v) is 9.64. The summed E-state index contributed by atoms with van der Waals surface area (Å²) >= 11 is 0. The zero-order valence-electron chi connectivity index (χ0n) is 9.64. The van der Waals surface area contributed by atoms with Crippen molar-refractivity contribution in [2.75, 3.05) is 19.7 Å². The number of piperidine rings is 1. The second-order valence-electron chi connectivity index (χ2n) is 5.46. The largest absolute Gasteiger partial charge is 0.375 e. The van der Waals surface area contributed by atoms with E-state index in [2.05, 4.69) is 19.2 Å². The molecule has 0 unspecified atom stereocenters. The molecule has 2 saturated heterocycles. The lowest BCUT2D eigenvalue weighted by Gasteiger charge is -2.46. The van der Waals surface area contributed by atoms with Crippen molar-refractivity contribution in [2.45, 2.75) is 51.6 Å². The molecule has 2 aliphatic heterocycles. The molecule has 2 N–H and O–H groups in total. The van der Waals surface area contributed by atoms with E-state index in [0.29, 0.717) is 5.41 Å². The maximum Gasteiger partial charge on any atom is 0.0814 e. The summed E-state index contributed by atoms with van der Waals surface area (Å²) in [6, 6.07) is 0. The molecule has 1 spiro atoms. The molecule has 0 aliphatic carbocycles. The van der Waals surface area contributed by atoms with E-state index in [0.717, 1.165) is 13.0 Å². The van der Waals surface area contributed by atoms with E-state index in [-0.39, 0.29) is 5.60 Å². The summed E-state index contributed by atoms with van der Waals surface area (Å²) < 4.78 is 5.93. The van der Waals surface area contributed by atoms with E-state index in [1.165, 1.54) is 38.8 Å². The van der Waals surface area contributed by atoms with Gasteiger partial charge in [-0.3, -0.25) is 0 Å². The predicted octanol–water partition coefficient (Wildman–Crippen LogP) is 1.31. The minimum Gasteiger partial charge on any atom is -0.375 e. The zero-order chi connectivity index (χ0) is 10.1. The van der Waals surface area contributed by atoms with Crippen LogP contribution in [0.5, 0.6) is 0 Å². The monoisotopic (exact) mass is 198 g/mol. The molecule has 2 atom stereocenters. The Morgan fingerprint density at radius 1 is 1.36 bits per heavy atom. The van der Waals surface area contributed by atoms with Crippen LogP contribution >= 0.6 is 0 Å². The first-order valence-corrected chi connectivity index (χ1v) is 6.14. The summed E-state index contributed by atoms with van der Waals surface area (Å²) in [5.41, 5.74) is 0.782. The average Bonchev–Trinajstić information content (AvgIpc) is 2.19. The minimum atomic E-state index is 0.170. The molecule has 0 amide bonds. The minimum absolute atomic E-state index is 0.170. The van der Waals surface area contributed by atoms with Gasteiger partial charge in [0.15, 0.2) is 0 Å². The van der Waals surface area contributed by atoms with Crippen LogP contribution in [0.4, 0.5) is 0 Å². The van der Waals surface area contributed by atoms with Crippen LogP contribution in [0.2, 0.25) is 0 Å². The molecule has 2 nitrogen and oxygen atoms in total. The van der Waals surface area contributed by atoms with Gasteiger partial charge in [0, 0.05) is 12.0 Å². The third-order valence-corrected chi connectivity index (χ3v) is 4.27. The highest BCUT2D eigenvalue weighted by Gasteiger charge is 2.44. The standard InChI is InChI=1S/C12H23NO/c1-3-11(2)9-12(6-8-14-11)5-4-7-13-10-12/h13H,3-10H2,1-2H3/p+1/t11-,12+/m1/s1. The molecule has 0 saturated carbocycles. The number of rotatable bonds is 1. The maximum absolute atomic E-state index is 5.93. The Balaban J connectivity index is 2.04. The van der Waals surface area contributed by atoms with Crippen LogP contribution in [0.1, 0.15) is 46.0 Å². The second-order valence-corrected chi connectivity index (χ2v) is 5.46. The highest BCUT2D eigenvalue weighted by Crippen LogP contribution is 2.43. The van der Waals surface area contributed by atoms with Crippen LogP contribution in [0.25, 0.3) is 0 Å². The molecule has 2 rings (SSSR count). The lowest BCUT2D eigenvalue weighted by Crippen LogP contribution is -2.89. The highest BCUT2D eigenvalue weighted by molar-refractivity contribution is 4.92. The number of nitrogens with two attached hydrogens (primary N) is 1. The summed E-state index contributed by atoms with van der Waals surface area (Å²) in [5.74, 6) is 0. The van der Waals surface area contributed by atoms with E-state index < -0.39 is 0 Å². The average molecular weight is 198 g/mol. The van der Waals surface area contributed by atoms with E-state index in [4.69, 9.17) is 4.74 Å². The number of hydrogen-bond acceptors (Lipinski definition) is 1. The van der Waals surface area contributed by atoms with Crippen LogP contribution in [-0.4, -0.2) is 25.3 Å². The van der Waals surface area contributed by atoms with Gasteiger partial charge in [-0.05, 0) is 39.0 Å². The Morgan fingerprint density at radius 3 is 2.86 bits per heavy atom. The molecule has 0 radical (unpaired) electrons. The first-order chi connectivity index (χ1) is 6.68. The van der Waals surface area contributed by atoms with Gasteiger partial charge in [-0.1, -0.05) is 6.92 Å². The molecular formula is C12H24NO+. The topological polar surface area (TPSA) is 25.8 Å². The van der Waals surface area contributed by atoms with Crippen LogP contribution < -0.4 is 5.32 Å². The highest BCUT2D eigenvalue weighted by atomic mass is 16.5. The Labute approximate surface area is 87.4 Å². The van der Waals surface area contributed by atoms with Crippen molar-refractivity contribution in [1.29, 1.82) is 0 Å². The van der Waals surface area contributed by atoms with Crippen molar-refractivity contribution in [1.82, 2.24) is 0 Å². The molecule has 14 heavy (non-hydrogen) atoms. The van der Waals surface area contributed by atoms with Crippen LogP contribution in [-0.2, 0) is 4.74 Å². The smallest absolute Gasteiger partial charge is 0.0814 e. The van der Waals surface area contributed by atoms with E-state index in [9.17, 15) is 0 Å². The fourth-order valence-electron chi connectivity index (χ4n) is 3.19. The lowest BCUT2D eigenvalue weighted by atomic mass is 9.68. The Bertz CT molecular complexity index is 193. The van der Waals surface area contributed by atoms with Crippen LogP contribution in [0.15, 0.2) is 0 Å². The summed E-state index contributed by atoms with van der Waals surface area (Å²) in [5, 5.41) is 2.50. The van der Waals surface area contributed by atoms with Crippen molar-refractivity contribution in [3.63, 3.8) is 0 Å². The SMILES string of the molecule is CC[C@]1(C)C[C@]2(CCC[NH2+]C2)CCO1. The van der Waals surface area contributed by atoms with Gasteiger partial charge in [-0.25, -0.2) is 0 Å². The van der Waals surface area contributed by atoms with E-state index in [1.54, 1.807) is 0 Å². The number of quaternary nitrogens is 1. The fraction of sp³-hybridized carbons (Fsp3) is 1.00. The summed E-state index contributed by atoms with van der Waals surface area (Å²) in [6.45, 7) is 8.21. The Kier molecular flexibility index (Phi) is 2.85. The van der Waals surface area contributed by atoms with E-state index in [1.807, 2.05) is 0 Å². The number of hydrogen-bond donors (Lipinski definition) is 1. The molecule has 0 aromatic heterocycles. The predicted molar refractivity (Wildman–Crippen MR) is 57.2 cm³/mol.